The van der Waals surface area contributed by atoms with Crippen molar-refractivity contribution in [3.05, 3.63) is 71.2 Å². The van der Waals surface area contributed by atoms with Crippen LogP contribution in [-0.2, 0) is 17.7 Å². The van der Waals surface area contributed by atoms with Gasteiger partial charge in [0.15, 0.2) is 0 Å². The Kier molecular flexibility index (Phi) is 6.93. The summed E-state index contributed by atoms with van der Waals surface area (Å²) < 4.78 is 21.6. The average Bonchev–Trinajstić information content (AvgIpc) is 3.07. The third-order valence-electron chi connectivity index (χ3n) is 5.62. The Balaban J connectivity index is 0.00000240. The first-order valence-corrected chi connectivity index (χ1v) is 9.80. The lowest BCUT2D eigenvalue weighted by Crippen LogP contribution is -2.29. The summed E-state index contributed by atoms with van der Waals surface area (Å²) in [6, 6.07) is 12.6. The summed E-state index contributed by atoms with van der Waals surface area (Å²) in [5.74, 6) is 0.0891. The van der Waals surface area contributed by atoms with Gasteiger partial charge in [-0.3, -0.25) is 0 Å². The molecule has 1 N–H and O–H groups in total. The fourth-order valence-electron chi connectivity index (χ4n) is 4.12. The van der Waals surface area contributed by atoms with Crippen molar-refractivity contribution in [2.24, 2.45) is 5.92 Å². The SMILES string of the molecule is COC(=O)c1ccc(Cc2cn(CC3CCNCC3)c3cccc(F)c23)cc1.Cl. The van der Waals surface area contributed by atoms with E-state index < -0.39 is 0 Å². The summed E-state index contributed by atoms with van der Waals surface area (Å²) in [5, 5.41) is 4.10. The highest BCUT2D eigenvalue weighted by Crippen LogP contribution is 2.28. The van der Waals surface area contributed by atoms with Crippen molar-refractivity contribution in [3.63, 3.8) is 0 Å². The van der Waals surface area contributed by atoms with Gasteiger partial charge in [0.1, 0.15) is 5.82 Å². The molecule has 2 heterocycles. The summed E-state index contributed by atoms with van der Waals surface area (Å²) in [7, 11) is 1.37. The molecular formula is C23H26ClFN2O2. The van der Waals surface area contributed by atoms with E-state index in [1.54, 1.807) is 18.2 Å². The number of ether oxygens (including phenoxy) is 1. The van der Waals surface area contributed by atoms with Crippen LogP contribution < -0.4 is 5.32 Å². The Morgan fingerprint density at radius 3 is 2.59 bits per heavy atom. The summed E-state index contributed by atoms with van der Waals surface area (Å²) in [6.45, 7) is 3.03. The number of carbonyl (C=O) groups is 1. The number of rotatable bonds is 5. The van der Waals surface area contributed by atoms with Gasteiger partial charge < -0.3 is 14.6 Å². The Hall–Kier alpha value is -2.37. The average molecular weight is 417 g/mol. The van der Waals surface area contributed by atoms with E-state index in [9.17, 15) is 9.18 Å². The molecule has 1 aromatic heterocycles. The molecule has 0 amide bonds. The molecule has 4 rings (SSSR count). The maximum Gasteiger partial charge on any atom is 0.337 e. The highest BCUT2D eigenvalue weighted by molar-refractivity contribution is 5.89. The quantitative estimate of drug-likeness (QED) is 0.619. The lowest BCUT2D eigenvalue weighted by Gasteiger charge is -2.23. The summed E-state index contributed by atoms with van der Waals surface area (Å²) in [5.41, 5.74) is 3.50. The van der Waals surface area contributed by atoms with Crippen molar-refractivity contribution in [3.8, 4) is 0 Å². The van der Waals surface area contributed by atoms with Crippen LogP contribution in [0.15, 0.2) is 48.7 Å². The minimum Gasteiger partial charge on any atom is -0.465 e. The number of piperidine rings is 1. The minimum absolute atomic E-state index is 0. The normalized spacial score (nSPS) is 14.6. The molecule has 1 saturated heterocycles. The molecule has 0 atom stereocenters. The molecule has 2 aromatic carbocycles. The third-order valence-corrected chi connectivity index (χ3v) is 5.62. The zero-order chi connectivity index (χ0) is 19.5. The number of nitrogens with one attached hydrogen (secondary N) is 1. The van der Waals surface area contributed by atoms with Gasteiger partial charge in [0.2, 0.25) is 0 Å². The van der Waals surface area contributed by atoms with E-state index in [-0.39, 0.29) is 24.2 Å². The van der Waals surface area contributed by atoms with Gasteiger partial charge in [-0.15, -0.1) is 12.4 Å². The van der Waals surface area contributed by atoms with Gasteiger partial charge in [0.05, 0.1) is 18.2 Å². The second-order valence-electron chi connectivity index (χ2n) is 7.50. The van der Waals surface area contributed by atoms with Crippen molar-refractivity contribution < 1.29 is 13.9 Å². The second kappa shape index (κ2) is 9.42. The van der Waals surface area contributed by atoms with Crippen LogP contribution in [0.25, 0.3) is 10.9 Å². The number of benzene rings is 2. The van der Waals surface area contributed by atoms with Crippen molar-refractivity contribution in [2.45, 2.75) is 25.8 Å². The first kappa shape index (κ1) is 21.3. The topological polar surface area (TPSA) is 43.3 Å². The zero-order valence-corrected chi connectivity index (χ0v) is 17.3. The lowest BCUT2D eigenvalue weighted by molar-refractivity contribution is 0.0600. The number of esters is 1. The van der Waals surface area contributed by atoms with Crippen LogP contribution in [0.3, 0.4) is 0 Å². The Morgan fingerprint density at radius 1 is 1.17 bits per heavy atom. The number of fused-ring (bicyclic) bond motifs is 1. The Labute approximate surface area is 176 Å². The molecule has 6 heteroatoms. The molecule has 4 nitrogen and oxygen atoms in total. The predicted octanol–water partition coefficient (Wildman–Crippen LogP) is 4.58. The molecule has 0 bridgehead atoms. The maximum atomic E-state index is 14.7. The third kappa shape index (κ3) is 4.62. The van der Waals surface area contributed by atoms with E-state index in [0.29, 0.717) is 23.3 Å². The summed E-state index contributed by atoms with van der Waals surface area (Å²) in [4.78, 5) is 11.6. The van der Waals surface area contributed by atoms with Crippen molar-refractivity contribution in [2.75, 3.05) is 20.2 Å². The first-order chi connectivity index (χ1) is 13.7. The van der Waals surface area contributed by atoms with Crippen LogP contribution in [0.5, 0.6) is 0 Å². The Morgan fingerprint density at radius 2 is 1.90 bits per heavy atom. The number of aromatic nitrogens is 1. The van der Waals surface area contributed by atoms with E-state index in [2.05, 4.69) is 16.1 Å². The van der Waals surface area contributed by atoms with Crippen LogP contribution in [0.2, 0.25) is 0 Å². The molecule has 0 spiro atoms. The highest BCUT2D eigenvalue weighted by Gasteiger charge is 2.18. The number of nitrogens with zero attached hydrogens (tertiary/aromatic N) is 1. The molecule has 1 fully saturated rings. The minimum atomic E-state index is -0.351. The van der Waals surface area contributed by atoms with Gasteiger partial charge in [-0.05, 0) is 73.7 Å². The van der Waals surface area contributed by atoms with E-state index in [1.165, 1.54) is 13.2 Å². The fourth-order valence-corrected chi connectivity index (χ4v) is 4.12. The summed E-state index contributed by atoms with van der Waals surface area (Å²) >= 11 is 0. The van der Waals surface area contributed by atoms with Crippen LogP contribution in [-0.4, -0.2) is 30.7 Å². The van der Waals surface area contributed by atoms with Crippen LogP contribution in [0, 0.1) is 11.7 Å². The molecule has 3 aromatic rings. The van der Waals surface area contributed by atoms with Gasteiger partial charge in [0, 0.05) is 18.1 Å². The van der Waals surface area contributed by atoms with Gasteiger partial charge in [0.25, 0.3) is 0 Å². The summed E-state index contributed by atoms with van der Waals surface area (Å²) in [6.07, 6.45) is 5.03. The van der Waals surface area contributed by atoms with Crippen molar-refractivity contribution >= 4 is 29.3 Å². The fraction of sp³-hybridized carbons (Fsp3) is 0.348. The predicted molar refractivity (Wildman–Crippen MR) is 115 cm³/mol. The lowest BCUT2D eigenvalue weighted by atomic mass is 9.98. The number of hydrogen-bond acceptors (Lipinski definition) is 3. The Bertz CT molecular complexity index is 978. The molecule has 1 aliphatic rings. The smallest absolute Gasteiger partial charge is 0.337 e. The van der Waals surface area contributed by atoms with Crippen molar-refractivity contribution in [1.82, 2.24) is 9.88 Å². The molecule has 1 aliphatic heterocycles. The van der Waals surface area contributed by atoms with E-state index >= 15 is 0 Å². The van der Waals surface area contributed by atoms with Gasteiger partial charge >= 0.3 is 5.97 Å². The van der Waals surface area contributed by atoms with E-state index in [0.717, 1.165) is 49.1 Å². The zero-order valence-electron chi connectivity index (χ0n) is 16.5. The number of carbonyl (C=O) groups excluding carboxylic acids is 1. The largest absolute Gasteiger partial charge is 0.465 e. The standard InChI is InChI=1S/C23H25FN2O2.ClH/c1-28-23(27)18-7-5-16(6-8-18)13-19-15-26(14-17-9-11-25-12-10-17)21-4-2-3-20(24)22(19)21;/h2-8,15,17,25H,9-14H2,1H3;1H. The number of hydrogen-bond donors (Lipinski definition) is 1. The van der Waals surface area contributed by atoms with Gasteiger partial charge in [-0.25, -0.2) is 9.18 Å². The maximum absolute atomic E-state index is 14.7. The van der Waals surface area contributed by atoms with Gasteiger partial charge in [-0.2, -0.15) is 0 Å². The number of methoxy groups -OCH3 is 1. The van der Waals surface area contributed by atoms with Crippen LogP contribution in [0.1, 0.15) is 34.3 Å². The van der Waals surface area contributed by atoms with Gasteiger partial charge in [-0.1, -0.05) is 18.2 Å². The second-order valence-corrected chi connectivity index (χ2v) is 7.50. The molecule has 0 saturated carbocycles. The number of halogens is 2. The van der Waals surface area contributed by atoms with Crippen molar-refractivity contribution in [1.29, 1.82) is 0 Å². The van der Waals surface area contributed by atoms with E-state index in [1.807, 2.05) is 18.2 Å². The molecule has 0 aliphatic carbocycles. The molecular weight excluding hydrogens is 391 g/mol. The molecule has 0 unspecified atom stereocenters. The van der Waals surface area contributed by atoms with Crippen LogP contribution >= 0.6 is 12.4 Å². The van der Waals surface area contributed by atoms with Crippen LogP contribution in [0.4, 0.5) is 4.39 Å². The highest BCUT2D eigenvalue weighted by atomic mass is 35.5. The monoisotopic (exact) mass is 416 g/mol. The molecule has 0 radical (unpaired) electrons. The molecule has 154 valence electrons. The van der Waals surface area contributed by atoms with E-state index in [4.69, 9.17) is 4.74 Å². The molecule has 29 heavy (non-hydrogen) atoms. The first-order valence-electron chi connectivity index (χ1n) is 9.80.